The van der Waals surface area contributed by atoms with E-state index in [1.165, 1.54) is 32.1 Å². The molecule has 0 atom stereocenters. The highest BCUT2D eigenvalue weighted by Gasteiger charge is 2.25. The van der Waals surface area contributed by atoms with Crippen molar-refractivity contribution in [2.24, 2.45) is 5.92 Å². The Kier molecular flexibility index (Phi) is 9.28. The predicted molar refractivity (Wildman–Crippen MR) is 73.0 cm³/mol. The van der Waals surface area contributed by atoms with Crippen LogP contribution >= 0.6 is 0 Å². The second kappa shape index (κ2) is 9.20. The summed E-state index contributed by atoms with van der Waals surface area (Å²) in [6.07, 6.45) is 6.09. The van der Waals surface area contributed by atoms with Crippen molar-refractivity contribution in [2.45, 2.75) is 66.0 Å². The molecule has 2 nitrogen and oxygen atoms in total. The first-order valence-corrected chi connectivity index (χ1v) is 9.65. The Balaban J connectivity index is 3.68. The maximum Gasteiger partial charge on any atom is 0.331 e. The highest BCUT2D eigenvalue weighted by molar-refractivity contribution is 6.64. The molecule has 0 amide bonds. The van der Waals surface area contributed by atoms with Crippen LogP contribution in [-0.2, 0) is 8.85 Å². The summed E-state index contributed by atoms with van der Waals surface area (Å²) >= 11 is 0. The smallest absolute Gasteiger partial charge is 0.331 e. The molecule has 16 heavy (non-hydrogen) atoms. The second-order valence-corrected chi connectivity index (χ2v) is 8.33. The SMILES string of the molecule is CCCCCO[Si](C)(C)OCC(CC)CC. The molecule has 0 unspecified atom stereocenters. The molecule has 0 fully saturated rings. The van der Waals surface area contributed by atoms with Gasteiger partial charge in [-0.05, 0) is 25.4 Å². The molecule has 0 aliphatic heterocycles. The summed E-state index contributed by atoms with van der Waals surface area (Å²) in [5, 5.41) is 0. The third-order valence-electron chi connectivity index (χ3n) is 3.02. The van der Waals surface area contributed by atoms with E-state index in [9.17, 15) is 0 Å². The van der Waals surface area contributed by atoms with Gasteiger partial charge in [-0.1, -0.05) is 46.5 Å². The van der Waals surface area contributed by atoms with Crippen LogP contribution in [0, 0.1) is 5.92 Å². The van der Waals surface area contributed by atoms with Crippen molar-refractivity contribution in [1.82, 2.24) is 0 Å². The highest BCUT2D eigenvalue weighted by Crippen LogP contribution is 2.14. The first kappa shape index (κ1) is 16.1. The van der Waals surface area contributed by atoms with Crippen molar-refractivity contribution in [1.29, 1.82) is 0 Å². The molecule has 0 aliphatic carbocycles. The molecule has 0 rings (SSSR count). The lowest BCUT2D eigenvalue weighted by Gasteiger charge is -2.25. The van der Waals surface area contributed by atoms with Crippen molar-refractivity contribution in [3.05, 3.63) is 0 Å². The van der Waals surface area contributed by atoms with Gasteiger partial charge in [-0.2, -0.15) is 0 Å². The Morgan fingerprint density at radius 3 is 2.06 bits per heavy atom. The van der Waals surface area contributed by atoms with Gasteiger partial charge in [-0.3, -0.25) is 0 Å². The van der Waals surface area contributed by atoms with Crippen molar-refractivity contribution >= 4 is 8.56 Å². The molecular weight excluding hydrogens is 216 g/mol. The molecule has 0 heterocycles. The molecule has 0 radical (unpaired) electrons. The van der Waals surface area contributed by atoms with Crippen molar-refractivity contribution < 1.29 is 8.85 Å². The number of unbranched alkanes of at least 4 members (excludes halogenated alkanes) is 2. The third-order valence-corrected chi connectivity index (χ3v) is 4.78. The summed E-state index contributed by atoms with van der Waals surface area (Å²) in [6, 6.07) is 0. The molecule has 0 aromatic heterocycles. The Hall–Kier alpha value is 0.137. The summed E-state index contributed by atoms with van der Waals surface area (Å²) in [6.45, 7) is 12.7. The van der Waals surface area contributed by atoms with Crippen molar-refractivity contribution in [2.75, 3.05) is 13.2 Å². The Bertz CT molecular complexity index is 156. The summed E-state index contributed by atoms with van der Waals surface area (Å²) in [7, 11) is -1.85. The number of rotatable bonds is 10. The van der Waals surface area contributed by atoms with Gasteiger partial charge in [0.1, 0.15) is 0 Å². The molecule has 0 spiro atoms. The van der Waals surface area contributed by atoms with Gasteiger partial charge in [-0.15, -0.1) is 0 Å². The van der Waals surface area contributed by atoms with E-state index in [1.807, 2.05) is 0 Å². The quantitative estimate of drug-likeness (QED) is 0.421. The van der Waals surface area contributed by atoms with E-state index in [2.05, 4.69) is 33.9 Å². The van der Waals surface area contributed by atoms with Crippen LogP contribution < -0.4 is 0 Å². The van der Waals surface area contributed by atoms with Gasteiger partial charge in [0.25, 0.3) is 0 Å². The maximum absolute atomic E-state index is 5.97. The first-order chi connectivity index (χ1) is 7.55. The summed E-state index contributed by atoms with van der Waals surface area (Å²) < 4.78 is 11.9. The molecule has 0 N–H and O–H groups in total. The topological polar surface area (TPSA) is 18.5 Å². The molecule has 0 aromatic rings. The van der Waals surface area contributed by atoms with E-state index in [1.54, 1.807) is 0 Å². The standard InChI is InChI=1S/C13H30O2Si/c1-6-9-10-11-14-16(4,5)15-12-13(7-2)8-3/h13H,6-12H2,1-5H3. The molecule has 0 aromatic carbocycles. The van der Waals surface area contributed by atoms with Crippen LogP contribution in [0.25, 0.3) is 0 Å². The predicted octanol–water partition coefficient (Wildman–Crippen LogP) is 4.35. The Morgan fingerprint density at radius 2 is 1.56 bits per heavy atom. The average molecular weight is 246 g/mol. The van der Waals surface area contributed by atoms with Crippen LogP contribution in [-0.4, -0.2) is 21.8 Å². The minimum Gasteiger partial charge on any atom is -0.395 e. The van der Waals surface area contributed by atoms with Crippen molar-refractivity contribution in [3.63, 3.8) is 0 Å². The van der Waals surface area contributed by atoms with E-state index >= 15 is 0 Å². The average Bonchev–Trinajstić information content (AvgIpc) is 2.26. The van der Waals surface area contributed by atoms with E-state index in [0.717, 1.165) is 13.2 Å². The molecule has 0 saturated carbocycles. The highest BCUT2D eigenvalue weighted by atomic mass is 28.4. The van der Waals surface area contributed by atoms with E-state index in [4.69, 9.17) is 8.85 Å². The van der Waals surface area contributed by atoms with Crippen LogP contribution in [0.4, 0.5) is 0 Å². The maximum atomic E-state index is 5.97. The zero-order valence-corrected chi connectivity index (χ0v) is 12.8. The second-order valence-electron chi connectivity index (χ2n) is 4.95. The van der Waals surface area contributed by atoms with Crippen LogP contribution in [0.15, 0.2) is 0 Å². The zero-order chi connectivity index (χ0) is 12.4. The van der Waals surface area contributed by atoms with Crippen LogP contribution in [0.5, 0.6) is 0 Å². The summed E-state index contributed by atoms with van der Waals surface area (Å²) in [4.78, 5) is 0. The fourth-order valence-corrected chi connectivity index (χ4v) is 2.91. The fraction of sp³-hybridized carbons (Fsp3) is 1.00. The van der Waals surface area contributed by atoms with Gasteiger partial charge in [0.2, 0.25) is 0 Å². The van der Waals surface area contributed by atoms with Crippen LogP contribution in [0.2, 0.25) is 13.1 Å². The lowest BCUT2D eigenvalue weighted by atomic mass is 10.1. The molecule has 0 bridgehead atoms. The van der Waals surface area contributed by atoms with Gasteiger partial charge < -0.3 is 8.85 Å². The normalized spacial score (nSPS) is 12.4. The fourth-order valence-electron chi connectivity index (χ4n) is 1.55. The Labute approximate surface area is 103 Å². The third kappa shape index (κ3) is 8.31. The lowest BCUT2D eigenvalue weighted by molar-refractivity contribution is 0.148. The van der Waals surface area contributed by atoms with Crippen LogP contribution in [0.1, 0.15) is 52.9 Å². The molecule has 0 aliphatic rings. The van der Waals surface area contributed by atoms with Crippen molar-refractivity contribution in [3.8, 4) is 0 Å². The van der Waals surface area contributed by atoms with Gasteiger partial charge in [0.15, 0.2) is 0 Å². The first-order valence-electron chi connectivity index (χ1n) is 6.83. The van der Waals surface area contributed by atoms with Gasteiger partial charge in [0.05, 0.1) is 0 Å². The molecule has 98 valence electrons. The van der Waals surface area contributed by atoms with Gasteiger partial charge in [-0.25, -0.2) is 0 Å². The van der Waals surface area contributed by atoms with E-state index < -0.39 is 8.56 Å². The van der Waals surface area contributed by atoms with Gasteiger partial charge in [0, 0.05) is 13.2 Å². The molecular formula is C13H30O2Si. The number of hydrogen-bond acceptors (Lipinski definition) is 2. The van der Waals surface area contributed by atoms with E-state index in [-0.39, 0.29) is 0 Å². The van der Waals surface area contributed by atoms with E-state index in [0.29, 0.717) is 5.92 Å². The molecule has 0 saturated heterocycles. The van der Waals surface area contributed by atoms with Gasteiger partial charge >= 0.3 is 8.56 Å². The minimum atomic E-state index is -1.85. The Morgan fingerprint density at radius 1 is 0.938 bits per heavy atom. The summed E-state index contributed by atoms with van der Waals surface area (Å²) in [5.41, 5.74) is 0. The van der Waals surface area contributed by atoms with Crippen LogP contribution in [0.3, 0.4) is 0 Å². The minimum absolute atomic E-state index is 0.700. The number of hydrogen-bond donors (Lipinski definition) is 0. The summed E-state index contributed by atoms with van der Waals surface area (Å²) in [5.74, 6) is 0.700. The monoisotopic (exact) mass is 246 g/mol. The lowest BCUT2D eigenvalue weighted by Crippen LogP contribution is -2.36. The largest absolute Gasteiger partial charge is 0.395 e. The zero-order valence-electron chi connectivity index (χ0n) is 11.8. The molecule has 3 heteroatoms.